The SMILES string of the molecule is CC[C@@H]1CN(c2ccc(C(=O)O)c(F)c2)CCN1C(=O)OC(C)(C)C. The van der Waals surface area contributed by atoms with Crippen molar-refractivity contribution >= 4 is 17.7 Å². The van der Waals surface area contributed by atoms with Crippen molar-refractivity contribution in [2.75, 3.05) is 24.5 Å². The topological polar surface area (TPSA) is 70.1 Å². The molecule has 1 saturated heterocycles. The van der Waals surface area contributed by atoms with Crippen molar-refractivity contribution in [3.05, 3.63) is 29.6 Å². The number of hydrogen-bond acceptors (Lipinski definition) is 4. The number of halogens is 1. The average molecular weight is 352 g/mol. The summed E-state index contributed by atoms with van der Waals surface area (Å²) in [6.45, 7) is 9.01. The number of ether oxygens (including phenoxy) is 1. The molecule has 1 aliphatic rings. The molecular formula is C18H25FN2O4. The van der Waals surface area contributed by atoms with Crippen molar-refractivity contribution in [3.8, 4) is 0 Å². The quantitative estimate of drug-likeness (QED) is 0.903. The first-order chi connectivity index (χ1) is 11.6. The molecule has 1 heterocycles. The molecule has 1 aliphatic heterocycles. The van der Waals surface area contributed by atoms with E-state index in [1.54, 1.807) is 11.0 Å². The van der Waals surface area contributed by atoms with Crippen molar-refractivity contribution in [3.63, 3.8) is 0 Å². The van der Waals surface area contributed by atoms with Gasteiger partial charge in [0.15, 0.2) is 0 Å². The van der Waals surface area contributed by atoms with E-state index in [9.17, 15) is 14.0 Å². The molecule has 7 heteroatoms. The lowest BCUT2D eigenvalue weighted by molar-refractivity contribution is 0.0136. The Morgan fingerprint density at radius 2 is 2.00 bits per heavy atom. The standard InChI is InChI=1S/C18H25FN2O4/c1-5-12-11-20(8-9-21(12)17(24)25-18(2,3)4)13-6-7-14(16(22)23)15(19)10-13/h6-7,10,12H,5,8-9,11H2,1-4H3,(H,22,23)/t12-/m1/s1. The zero-order chi connectivity index (χ0) is 18.8. The Morgan fingerprint density at radius 3 is 2.52 bits per heavy atom. The number of benzene rings is 1. The highest BCUT2D eigenvalue weighted by Gasteiger charge is 2.32. The first-order valence-electron chi connectivity index (χ1n) is 8.39. The van der Waals surface area contributed by atoms with Crippen LogP contribution in [0.3, 0.4) is 0 Å². The van der Waals surface area contributed by atoms with E-state index < -0.39 is 17.4 Å². The van der Waals surface area contributed by atoms with Crippen molar-refractivity contribution in [2.45, 2.75) is 45.8 Å². The fourth-order valence-corrected chi connectivity index (χ4v) is 2.87. The summed E-state index contributed by atoms with van der Waals surface area (Å²) in [5.74, 6) is -2.04. The van der Waals surface area contributed by atoms with Crippen molar-refractivity contribution in [2.24, 2.45) is 0 Å². The number of anilines is 1. The molecule has 2 rings (SSSR count). The van der Waals surface area contributed by atoms with Crippen LogP contribution in [0.15, 0.2) is 18.2 Å². The first kappa shape index (κ1) is 19.0. The number of amides is 1. The predicted octanol–water partition coefficient (Wildman–Crippen LogP) is 3.36. The molecule has 1 amide bonds. The normalized spacial score (nSPS) is 18.2. The summed E-state index contributed by atoms with van der Waals surface area (Å²) in [6, 6.07) is 4.06. The maximum absolute atomic E-state index is 13.9. The van der Waals surface area contributed by atoms with Crippen LogP contribution in [0, 0.1) is 5.82 Å². The summed E-state index contributed by atoms with van der Waals surface area (Å²) in [7, 11) is 0. The van der Waals surface area contributed by atoms with E-state index in [0.29, 0.717) is 25.3 Å². The summed E-state index contributed by atoms with van der Waals surface area (Å²) in [5.41, 5.74) is -0.282. The number of carboxylic acid groups (broad SMARTS) is 1. The minimum Gasteiger partial charge on any atom is -0.478 e. The van der Waals surface area contributed by atoms with Crippen LogP contribution >= 0.6 is 0 Å². The lowest BCUT2D eigenvalue weighted by atomic mass is 10.1. The number of piperazine rings is 1. The van der Waals surface area contributed by atoms with E-state index in [4.69, 9.17) is 9.84 Å². The molecule has 0 radical (unpaired) electrons. The Kier molecular flexibility index (Phi) is 5.55. The van der Waals surface area contributed by atoms with Gasteiger partial charge in [0.05, 0.1) is 11.6 Å². The fourth-order valence-electron chi connectivity index (χ4n) is 2.87. The number of carbonyl (C=O) groups is 2. The third-order valence-corrected chi connectivity index (χ3v) is 4.13. The van der Waals surface area contributed by atoms with Crippen LogP contribution < -0.4 is 4.90 Å². The number of carboxylic acids is 1. The summed E-state index contributed by atoms with van der Waals surface area (Å²) in [4.78, 5) is 27.0. The molecule has 138 valence electrons. The number of hydrogen-bond donors (Lipinski definition) is 1. The van der Waals surface area contributed by atoms with Crippen molar-refractivity contribution < 1.29 is 23.8 Å². The van der Waals surface area contributed by atoms with E-state index in [0.717, 1.165) is 6.42 Å². The van der Waals surface area contributed by atoms with Gasteiger partial charge >= 0.3 is 12.1 Å². The second kappa shape index (κ2) is 7.29. The number of aromatic carboxylic acids is 1. The molecule has 0 unspecified atom stereocenters. The van der Waals surface area contributed by atoms with E-state index in [1.807, 2.05) is 32.6 Å². The number of nitrogens with zero attached hydrogens (tertiary/aromatic N) is 2. The van der Waals surface area contributed by atoms with Gasteiger partial charge in [-0.2, -0.15) is 0 Å². The molecule has 6 nitrogen and oxygen atoms in total. The molecule has 1 atom stereocenters. The van der Waals surface area contributed by atoms with Crippen LogP contribution in [-0.4, -0.2) is 53.3 Å². The highest BCUT2D eigenvalue weighted by molar-refractivity contribution is 5.88. The van der Waals surface area contributed by atoms with Crippen LogP contribution in [0.4, 0.5) is 14.9 Å². The minimum atomic E-state index is -1.29. The Labute approximate surface area is 147 Å². The van der Waals surface area contributed by atoms with E-state index in [1.165, 1.54) is 12.1 Å². The zero-order valence-electron chi connectivity index (χ0n) is 15.1. The van der Waals surface area contributed by atoms with Crippen LogP contribution in [0.5, 0.6) is 0 Å². The van der Waals surface area contributed by atoms with E-state index in [2.05, 4.69) is 0 Å². The van der Waals surface area contributed by atoms with Gasteiger partial charge in [0, 0.05) is 25.3 Å². The van der Waals surface area contributed by atoms with Gasteiger partial charge in [-0.25, -0.2) is 14.0 Å². The Bertz CT molecular complexity index is 657. The van der Waals surface area contributed by atoms with Crippen LogP contribution in [0.25, 0.3) is 0 Å². The monoisotopic (exact) mass is 352 g/mol. The summed E-state index contributed by atoms with van der Waals surface area (Å²) >= 11 is 0. The Morgan fingerprint density at radius 1 is 1.32 bits per heavy atom. The second-order valence-corrected chi connectivity index (χ2v) is 7.15. The van der Waals surface area contributed by atoms with Gasteiger partial charge in [-0.1, -0.05) is 6.92 Å². The van der Waals surface area contributed by atoms with E-state index >= 15 is 0 Å². The highest BCUT2D eigenvalue weighted by atomic mass is 19.1. The van der Waals surface area contributed by atoms with Crippen LogP contribution in [0.1, 0.15) is 44.5 Å². The maximum atomic E-state index is 13.9. The lowest BCUT2D eigenvalue weighted by Gasteiger charge is -2.42. The molecule has 0 aromatic heterocycles. The van der Waals surface area contributed by atoms with Crippen molar-refractivity contribution in [1.82, 2.24) is 4.90 Å². The average Bonchev–Trinajstić information content (AvgIpc) is 2.52. The molecular weight excluding hydrogens is 327 g/mol. The second-order valence-electron chi connectivity index (χ2n) is 7.15. The van der Waals surface area contributed by atoms with Gasteiger partial charge in [0.1, 0.15) is 11.4 Å². The fraction of sp³-hybridized carbons (Fsp3) is 0.556. The Hall–Kier alpha value is -2.31. The van der Waals surface area contributed by atoms with Gasteiger partial charge < -0.3 is 19.6 Å². The molecule has 1 aromatic rings. The summed E-state index contributed by atoms with van der Waals surface area (Å²) in [5, 5.41) is 8.92. The minimum absolute atomic E-state index is 0.0502. The highest BCUT2D eigenvalue weighted by Crippen LogP contribution is 2.24. The van der Waals surface area contributed by atoms with Gasteiger partial charge in [-0.3, -0.25) is 0 Å². The van der Waals surface area contributed by atoms with Crippen molar-refractivity contribution in [1.29, 1.82) is 0 Å². The third kappa shape index (κ3) is 4.61. The molecule has 0 aliphatic carbocycles. The summed E-state index contributed by atoms with van der Waals surface area (Å²) < 4.78 is 19.4. The van der Waals surface area contributed by atoms with Gasteiger partial charge in [0.2, 0.25) is 0 Å². The number of carbonyl (C=O) groups excluding carboxylic acids is 1. The van der Waals surface area contributed by atoms with Crippen LogP contribution in [0.2, 0.25) is 0 Å². The zero-order valence-corrected chi connectivity index (χ0v) is 15.1. The third-order valence-electron chi connectivity index (χ3n) is 4.13. The Balaban J connectivity index is 2.12. The maximum Gasteiger partial charge on any atom is 0.410 e. The molecule has 0 spiro atoms. The molecule has 1 aromatic carbocycles. The van der Waals surface area contributed by atoms with E-state index in [-0.39, 0.29) is 17.7 Å². The smallest absolute Gasteiger partial charge is 0.410 e. The first-order valence-corrected chi connectivity index (χ1v) is 8.39. The molecule has 0 bridgehead atoms. The molecule has 1 N–H and O–H groups in total. The molecule has 0 saturated carbocycles. The summed E-state index contributed by atoms with van der Waals surface area (Å²) in [6.07, 6.45) is 0.400. The largest absolute Gasteiger partial charge is 0.478 e. The lowest BCUT2D eigenvalue weighted by Crippen LogP contribution is -2.56. The van der Waals surface area contributed by atoms with Gasteiger partial charge in [-0.05, 0) is 45.4 Å². The van der Waals surface area contributed by atoms with Gasteiger partial charge in [0.25, 0.3) is 0 Å². The molecule has 1 fully saturated rings. The van der Waals surface area contributed by atoms with Gasteiger partial charge in [-0.15, -0.1) is 0 Å². The number of rotatable bonds is 3. The predicted molar refractivity (Wildman–Crippen MR) is 92.6 cm³/mol. The molecule has 25 heavy (non-hydrogen) atoms. The van der Waals surface area contributed by atoms with Crippen LogP contribution in [-0.2, 0) is 4.74 Å².